The number of carbonyl (C=O) groups is 2. The lowest BCUT2D eigenvalue weighted by molar-refractivity contribution is -0.220. The van der Waals surface area contributed by atoms with Crippen LogP contribution in [0.5, 0.6) is 0 Å². The summed E-state index contributed by atoms with van der Waals surface area (Å²) in [6.45, 7) is 3.02. The third-order valence-corrected chi connectivity index (χ3v) is 10.6. The van der Waals surface area contributed by atoms with Crippen molar-refractivity contribution in [2.24, 2.45) is 0 Å². The fourth-order valence-electron chi connectivity index (χ4n) is 6.13. The number of carbonyl (C=O) groups excluding carboxylic acids is 2. The number of allylic oxidation sites excluding steroid dienone is 11. The first-order valence-corrected chi connectivity index (χ1v) is 23.3. The highest BCUT2D eigenvalue weighted by atomic mass is 31.2. The Morgan fingerprint density at radius 1 is 0.593 bits per heavy atom. The summed E-state index contributed by atoms with van der Waals surface area (Å²) < 4.78 is 33.2. The molecule has 0 spiro atoms. The summed E-state index contributed by atoms with van der Waals surface area (Å²) in [6, 6.07) is 0. The molecule has 6 N–H and O–H groups in total. The largest absolute Gasteiger partial charge is 0.472 e. The van der Waals surface area contributed by atoms with E-state index < -0.39 is 75.7 Å². The van der Waals surface area contributed by atoms with Crippen molar-refractivity contribution in [1.82, 2.24) is 0 Å². The molecule has 14 heteroatoms. The molecule has 8 atom stereocenters. The van der Waals surface area contributed by atoms with E-state index in [4.69, 9.17) is 18.5 Å². The number of phosphoric acid groups is 1. The van der Waals surface area contributed by atoms with E-state index in [1.54, 1.807) is 6.08 Å². The molecular weight excluding hydrogens is 779 g/mol. The number of aliphatic hydroxyl groups excluding tert-OH is 5. The van der Waals surface area contributed by atoms with Gasteiger partial charge in [-0.1, -0.05) is 145 Å². The van der Waals surface area contributed by atoms with Gasteiger partial charge in [-0.2, -0.15) is 0 Å². The van der Waals surface area contributed by atoms with Crippen LogP contribution in [0.2, 0.25) is 0 Å². The maximum atomic E-state index is 12.8. The van der Waals surface area contributed by atoms with E-state index in [0.29, 0.717) is 12.8 Å². The van der Waals surface area contributed by atoms with Gasteiger partial charge in [0.1, 0.15) is 43.2 Å². The van der Waals surface area contributed by atoms with E-state index in [-0.39, 0.29) is 6.42 Å². The van der Waals surface area contributed by atoms with Crippen molar-refractivity contribution in [3.05, 3.63) is 72.9 Å². The van der Waals surface area contributed by atoms with Crippen molar-refractivity contribution >= 4 is 19.8 Å². The van der Waals surface area contributed by atoms with Crippen molar-refractivity contribution in [3.63, 3.8) is 0 Å². The summed E-state index contributed by atoms with van der Waals surface area (Å²) >= 11 is 0. The van der Waals surface area contributed by atoms with Crippen LogP contribution >= 0.6 is 7.82 Å². The molecule has 0 heterocycles. The number of aliphatic hydroxyl groups is 5. The second-order valence-corrected chi connectivity index (χ2v) is 16.3. The lowest BCUT2D eigenvalue weighted by atomic mass is 9.85. The van der Waals surface area contributed by atoms with Gasteiger partial charge in [0, 0.05) is 12.5 Å². The first-order valence-electron chi connectivity index (χ1n) is 21.8. The average Bonchev–Trinajstić information content (AvgIpc) is 3.21. The van der Waals surface area contributed by atoms with Crippen molar-refractivity contribution in [2.45, 2.75) is 185 Å². The third-order valence-electron chi connectivity index (χ3n) is 9.64. The highest BCUT2D eigenvalue weighted by molar-refractivity contribution is 7.47. The predicted molar refractivity (Wildman–Crippen MR) is 230 cm³/mol. The maximum Gasteiger partial charge on any atom is 0.472 e. The second kappa shape index (κ2) is 34.9. The van der Waals surface area contributed by atoms with Gasteiger partial charge < -0.3 is 39.9 Å². The number of phosphoric ester groups is 1. The topological polar surface area (TPSA) is 210 Å². The van der Waals surface area contributed by atoms with Gasteiger partial charge in [-0.25, -0.2) is 9.36 Å². The molecule has 13 nitrogen and oxygen atoms in total. The van der Waals surface area contributed by atoms with E-state index in [1.165, 1.54) is 69.9 Å². The van der Waals surface area contributed by atoms with Crippen LogP contribution in [0.25, 0.3) is 0 Å². The van der Waals surface area contributed by atoms with Crippen molar-refractivity contribution < 1.29 is 63.1 Å². The molecule has 59 heavy (non-hydrogen) atoms. The normalized spacial score (nSPS) is 23.1. The minimum Gasteiger partial charge on any atom is -0.458 e. The van der Waals surface area contributed by atoms with Crippen LogP contribution in [-0.4, -0.2) is 98.3 Å². The van der Waals surface area contributed by atoms with E-state index in [1.807, 2.05) is 12.2 Å². The lowest BCUT2D eigenvalue weighted by Gasteiger charge is -2.41. The SMILES string of the molecule is CC/C=C/C/C=C/C/C=C/C/C=C/CCCCC(=O)O[C@H](COC(=O)/C=C/C=C/CCCCCCCCCCCCC)COP(=O)(O)OC1C(O)C(O)C(O)[C@@H](O)C1O. The zero-order valence-electron chi connectivity index (χ0n) is 35.5. The number of esters is 2. The summed E-state index contributed by atoms with van der Waals surface area (Å²) in [5.41, 5.74) is 0. The van der Waals surface area contributed by atoms with Gasteiger partial charge in [-0.3, -0.25) is 13.8 Å². The zero-order chi connectivity index (χ0) is 43.6. The third kappa shape index (κ3) is 27.7. The Labute approximate surface area is 353 Å². The zero-order valence-corrected chi connectivity index (χ0v) is 36.4. The van der Waals surface area contributed by atoms with Gasteiger partial charge in [0.2, 0.25) is 0 Å². The van der Waals surface area contributed by atoms with Crippen LogP contribution in [0, 0.1) is 0 Å². The molecule has 0 saturated heterocycles. The van der Waals surface area contributed by atoms with Gasteiger partial charge in [-0.05, 0) is 57.8 Å². The fourth-order valence-corrected chi connectivity index (χ4v) is 7.10. The lowest BCUT2D eigenvalue weighted by Crippen LogP contribution is -2.64. The molecule has 1 saturated carbocycles. The van der Waals surface area contributed by atoms with Crippen molar-refractivity contribution in [3.8, 4) is 0 Å². The van der Waals surface area contributed by atoms with E-state index in [9.17, 15) is 44.6 Å². The summed E-state index contributed by atoms with van der Waals surface area (Å²) in [7, 11) is -5.15. The molecule has 338 valence electrons. The molecule has 0 amide bonds. The van der Waals surface area contributed by atoms with Gasteiger partial charge in [0.15, 0.2) is 6.10 Å². The Balaban J connectivity index is 2.58. The second-order valence-electron chi connectivity index (χ2n) is 14.9. The van der Waals surface area contributed by atoms with Gasteiger partial charge in [-0.15, -0.1) is 0 Å². The van der Waals surface area contributed by atoms with Crippen LogP contribution in [0.1, 0.15) is 142 Å². The first-order chi connectivity index (χ1) is 28.4. The number of ether oxygens (including phenoxy) is 2. The molecule has 1 aliphatic carbocycles. The monoisotopic (exact) mass is 854 g/mol. The maximum absolute atomic E-state index is 12.8. The van der Waals surface area contributed by atoms with Crippen LogP contribution in [0.4, 0.5) is 0 Å². The summed E-state index contributed by atoms with van der Waals surface area (Å²) in [6.07, 6.45) is 30.3. The Morgan fingerprint density at radius 2 is 1.08 bits per heavy atom. The van der Waals surface area contributed by atoms with Gasteiger partial charge >= 0.3 is 19.8 Å². The van der Waals surface area contributed by atoms with Crippen LogP contribution in [0.3, 0.4) is 0 Å². The number of hydrogen-bond donors (Lipinski definition) is 6. The number of hydrogen-bond acceptors (Lipinski definition) is 12. The van der Waals surface area contributed by atoms with Gasteiger partial charge in [0.25, 0.3) is 0 Å². The number of unbranched alkanes of at least 4 members (excludes halogenated alkanes) is 13. The highest BCUT2D eigenvalue weighted by Gasteiger charge is 2.51. The minimum absolute atomic E-state index is 0.0215. The molecule has 1 fully saturated rings. The highest BCUT2D eigenvalue weighted by Crippen LogP contribution is 2.47. The molecule has 0 aromatic rings. The standard InChI is InChI=1S/C45H75O13P/c1-3-5-7-9-11-13-15-17-19-21-23-25-27-29-31-33-38(46)55-35-37(36-56-59(53,54)58-45-43(51)41(49)40(48)42(50)44(45)52)57-39(47)34-32-30-28-26-24-22-20-18-16-14-12-10-8-6-4-2/h6,8,12,14,18,20,24,26-27,29,31,33,37,40-45,48-52H,3-5,7,9-11,13,15-17,19,21-23,25,28,30,32,34-36H2,1-2H3,(H,53,54)/b8-6+,14-12+,20-18+,26-24+,29-27+,33-31+/t37-,40?,41-,42?,43?,44?,45?/m1/s1. The molecule has 1 rings (SSSR count). The predicted octanol–water partition coefficient (Wildman–Crippen LogP) is 7.94. The average molecular weight is 855 g/mol. The molecule has 0 bridgehead atoms. The summed E-state index contributed by atoms with van der Waals surface area (Å²) in [5.74, 6) is -1.41. The Kier molecular flexibility index (Phi) is 32.2. The van der Waals surface area contributed by atoms with E-state index in [0.717, 1.165) is 51.4 Å². The molecular formula is C45H75O13P. The van der Waals surface area contributed by atoms with E-state index >= 15 is 0 Å². The van der Waals surface area contributed by atoms with Gasteiger partial charge in [0.05, 0.1) is 6.61 Å². The minimum atomic E-state index is -5.15. The molecule has 0 aromatic carbocycles. The van der Waals surface area contributed by atoms with Crippen LogP contribution in [0.15, 0.2) is 72.9 Å². The molecule has 0 aromatic heterocycles. The molecule has 6 unspecified atom stereocenters. The summed E-state index contributed by atoms with van der Waals surface area (Å²) in [4.78, 5) is 35.5. The number of rotatable bonds is 34. The summed E-state index contributed by atoms with van der Waals surface area (Å²) in [5, 5.41) is 50.0. The molecule has 0 aliphatic heterocycles. The van der Waals surface area contributed by atoms with Crippen molar-refractivity contribution in [2.75, 3.05) is 13.2 Å². The Hall–Kier alpha value is -2.71. The quantitative estimate of drug-likeness (QED) is 0.00908. The first kappa shape index (κ1) is 54.3. The molecule has 1 aliphatic rings. The smallest absolute Gasteiger partial charge is 0.458 e. The fraction of sp³-hybridized carbons (Fsp3) is 0.689. The van der Waals surface area contributed by atoms with Crippen LogP contribution in [-0.2, 0) is 32.7 Å². The van der Waals surface area contributed by atoms with Crippen LogP contribution < -0.4 is 0 Å². The Bertz CT molecular complexity index is 1310. The molecule has 0 radical (unpaired) electrons. The van der Waals surface area contributed by atoms with E-state index in [2.05, 4.69) is 56.4 Å². The van der Waals surface area contributed by atoms with Crippen molar-refractivity contribution in [1.29, 1.82) is 0 Å². The Morgan fingerprint density at radius 3 is 1.66 bits per heavy atom.